The second-order valence-electron chi connectivity index (χ2n) is 6.80. The summed E-state index contributed by atoms with van der Waals surface area (Å²) in [5, 5.41) is 6.28. The van der Waals surface area contributed by atoms with Gasteiger partial charge in [-0.3, -0.25) is 9.59 Å². The molecule has 7 heteroatoms. The van der Waals surface area contributed by atoms with Gasteiger partial charge in [0.05, 0.1) is 11.8 Å². The van der Waals surface area contributed by atoms with Crippen molar-refractivity contribution in [3.63, 3.8) is 0 Å². The van der Waals surface area contributed by atoms with Gasteiger partial charge in [0.15, 0.2) is 0 Å². The molecule has 2 N–H and O–H groups in total. The van der Waals surface area contributed by atoms with Crippen LogP contribution >= 0.6 is 0 Å². The fraction of sp³-hybridized carbons (Fsp3) is 0.0833. The SMILES string of the molecule is Cc1cccc(NC(=O)C(=O)N/N=C/c2ccc(OC(=O)c3ccccc3C)cc2)c1. The van der Waals surface area contributed by atoms with E-state index >= 15 is 0 Å². The molecule has 3 rings (SSSR count). The molecule has 0 heterocycles. The number of anilines is 1. The molecule has 2 amide bonds. The van der Waals surface area contributed by atoms with Crippen LogP contribution in [0.3, 0.4) is 0 Å². The van der Waals surface area contributed by atoms with E-state index in [-0.39, 0.29) is 0 Å². The van der Waals surface area contributed by atoms with Crippen LogP contribution in [0.25, 0.3) is 0 Å². The highest BCUT2D eigenvalue weighted by Crippen LogP contribution is 2.15. The van der Waals surface area contributed by atoms with Gasteiger partial charge in [0.25, 0.3) is 0 Å². The predicted octanol–water partition coefficient (Wildman–Crippen LogP) is 3.61. The van der Waals surface area contributed by atoms with Gasteiger partial charge in [-0.15, -0.1) is 0 Å². The van der Waals surface area contributed by atoms with Gasteiger partial charge < -0.3 is 10.1 Å². The number of amides is 2. The summed E-state index contributed by atoms with van der Waals surface area (Å²) >= 11 is 0. The van der Waals surface area contributed by atoms with Crippen molar-refractivity contribution in [1.82, 2.24) is 5.43 Å². The molecule has 0 aliphatic heterocycles. The molecule has 0 aliphatic carbocycles. The lowest BCUT2D eigenvalue weighted by Gasteiger charge is -2.06. The van der Waals surface area contributed by atoms with Crippen molar-refractivity contribution >= 4 is 29.7 Å². The first-order valence-corrected chi connectivity index (χ1v) is 9.51. The number of hydrazone groups is 1. The lowest BCUT2D eigenvalue weighted by molar-refractivity contribution is -0.136. The molecule has 0 radical (unpaired) electrons. The number of ether oxygens (including phenoxy) is 1. The molecule has 0 saturated carbocycles. The Kier molecular flexibility index (Phi) is 6.90. The van der Waals surface area contributed by atoms with Crippen molar-refractivity contribution in [2.75, 3.05) is 5.32 Å². The number of aryl methyl sites for hydroxylation is 2. The Morgan fingerprint density at radius 1 is 0.871 bits per heavy atom. The molecule has 3 aromatic rings. The molecular formula is C24H21N3O4. The van der Waals surface area contributed by atoms with E-state index in [1.807, 2.05) is 32.0 Å². The summed E-state index contributed by atoms with van der Waals surface area (Å²) in [7, 11) is 0. The van der Waals surface area contributed by atoms with E-state index in [1.54, 1.807) is 54.6 Å². The molecule has 3 aromatic carbocycles. The van der Waals surface area contributed by atoms with Crippen LogP contribution in [0, 0.1) is 13.8 Å². The van der Waals surface area contributed by atoms with Crippen LogP contribution in [0.1, 0.15) is 27.0 Å². The van der Waals surface area contributed by atoms with Crippen LogP contribution in [0.2, 0.25) is 0 Å². The zero-order chi connectivity index (χ0) is 22.2. The largest absolute Gasteiger partial charge is 0.423 e. The van der Waals surface area contributed by atoms with Gasteiger partial charge in [-0.05, 0) is 73.0 Å². The first-order valence-electron chi connectivity index (χ1n) is 9.51. The van der Waals surface area contributed by atoms with Crippen LogP contribution in [0.15, 0.2) is 77.9 Å². The molecule has 156 valence electrons. The number of carbonyl (C=O) groups excluding carboxylic acids is 3. The number of carbonyl (C=O) groups is 3. The Bertz CT molecular complexity index is 1140. The Balaban J connectivity index is 1.52. The van der Waals surface area contributed by atoms with E-state index in [1.165, 1.54) is 6.21 Å². The number of hydrogen-bond donors (Lipinski definition) is 2. The fourth-order valence-corrected chi connectivity index (χ4v) is 2.71. The van der Waals surface area contributed by atoms with Crippen LogP contribution in [0.4, 0.5) is 5.69 Å². The summed E-state index contributed by atoms with van der Waals surface area (Å²) in [6, 6.07) is 20.8. The summed E-state index contributed by atoms with van der Waals surface area (Å²) in [5.41, 5.74) is 5.64. The lowest BCUT2D eigenvalue weighted by atomic mass is 10.1. The normalized spacial score (nSPS) is 10.5. The summed E-state index contributed by atoms with van der Waals surface area (Å²) in [4.78, 5) is 36.0. The van der Waals surface area contributed by atoms with Gasteiger partial charge in [0.1, 0.15) is 5.75 Å². The summed E-state index contributed by atoms with van der Waals surface area (Å²) in [6.45, 7) is 3.72. The van der Waals surface area contributed by atoms with Crippen LogP contribution in [0.5, 0.6) is 5.75 Å². The molecule has 0 aliphatic rings. The maximum Gasteiger partial charge on any atom is 0.343 e. The van der Waals surface area contributed by atoms with Gasteiger partial charge in [0, 0.05) is 5.69 Å². The molecule has 7 nitrogen and oxygen atoms in total. The van der Waals surface area contributed by atoms with Crippen LogP contribution < -0.4 is 15.5 Å². The molecule has 31 heavy (non-hydrogen) atoms. The molecular weight excluding hydrogens is 394 g/mol. The van der Waals surface area contributed by atoms with Crippen molar-refractivity contribution in [2.24, 2.45) is 5.10 Å². The number of benzene rings is 3. The molecule has 0 spiro atoms. The van der Waals surface area contributed by atoms with Gasteiger partial charge >= 0.3 is 17.8 Å². The Morgan fingerprint density at radius 3 is 2.32 bits per heavy atom. The first kappa shape index (κ1) is 21.4. The van der Waals surface area contributed by atoms with Gasteiger partial charge in [-0.2, -0.15) is 5.10 Å². The maximum absolute atomic E-state index is 12.2. The van der Waals surface area contributed by atoms with E-state index in [0.717, 1.165) is 11.1 Å². The standard InChI is InChI=1S/C24H21N3O4/c1-16-6-5-8-19(14-16)26-22(28)23(29)27-25-15-18-10-12-20(13-11-18)31-24(30)21-9-4-3-7-17(21)2/h3-15H,1-2H3,(H,26,28)(H,27,29)/b25-15+. The quantitative estimate of drug-likeness (QED) is 0.219. The number of esters is 1. The molecule has 0 bridgehead atoms. The van der Waals surface area contributed by atoms with Crippen molar-refractivity contribution in [2.45, 2.75) is 13.8 Å². The topological polar surface area (TPSA) is 96.9 Å². The van der Waals surface area contributed by atoms with E-state index < -0.39 is 17.8 Å². The fourth-order valence-electron chi connectivity index (χ4n) is 2.71. The summed E-state index contributed by atoms with van der Waals surface area (Å²) in [5.74, 6) is -1.76. The Morgan fingerprint density at radius 2 is 1.61 bits per heavy atom. The third-order valence-corrected chi connectivity index (χ3v) is 4.32. The van der Waals surface area contributed by atoms with E-state index in [9.17, 15) is 14.4 Å². The Labute approximate surface area is 179 Å². The number of hydrogen-bond acceptors (Lipinski definition) is 5. The Hall–Kier alpha value is -4.26. The van der Waals surface area contributed by atoms with Gasteiger partial charge in [-0.25, -0.2) is 10.2 Å². The first-order chi connectivity index (χ1) is 14.9. The zero-order valence-corrected chi connectivity index (χ0v) is 17.1. The van der Waals surface area contributed by atoms with Crippen molar-refractivity contribution in [3.05, 3.63) is 95.1 Å². The highest BCUT2D eigenvalue weighted by atomic mass is 16.5. The van der Waals surface area contributed by atoms with Gasteiger partial charge in [0.2, 0.25) is 0 Å². The van der Waals surface area contributed by atoms with E-state index in [2.05, 4.69) is 15.8 Å². The smallest absolute Gasteiger partial charge is 0.343 e. The average molecular weight is 415 g/mol. The average Bonchev–Trinajstić information content (AvgIpc) is 2.75. The van der Waals surface area contributed by atoms with Crippen molar-refractivity contribution in [3.8, 4) is 5.75 Å². The van der Waals surface area contributed by atoms with Crippen LogP contribution in [-0.4, -0.2) is 24.0 Å². The van der Waals surface area contributed by atoms with Gasteiger partial charge in [-0.1, -0.05) is 30.3 Å². The molecule has 0 saturated heterocycles. The minimum atomic E-state index is -0.887. The number of nitrogens with one attached hydrogen (secondary N) is 2. The minimum Gasteiger partial charge on any atom is -0.423 e. The van der Waals surface area contributed by atoms with Crippen molar-refractivity contribution < 1.29 is 19.1 Å². The summed E-state index contributed by atoms with van der Waals surface area (Å²) < 4.78 is 5.37. The van der Waals surface area contributed by atoms with E-state index in [0.29, 0.717) is 22.6 Å². The highest BCUT2D eigenvalue weighted by molar-refractivity contribution is 6.39. The number of rotatable bonds is 5. The molecule has 0 atom stereocenters. The third kappa shape index (κ3) is 6.11. The molecule has 0 aromatic heterocycles. The maximum atomic E-state index is 12.2. The van der Waals surface area contributed by atoms with Crippen molar-refractivity contribution in [1.29, 1.82) is 0 Å². The minimum absolute atomic E-state index is 0.381. The highest BCUT2D eigenvalue weighted by Gasteiger charge is 2.13. The monoisotopic (exact) mass is 415 g/mol. The van der Waals surface area contributed by atoms with E-state index in [4.69, 9.17) is 4.74 Å². The van der Waals surface area contributed by atoms with Crippen LogP contribution in [-0.2, 0) is 9.59 Å². The molecule has 0 fully saturated rings. The predicted molar refractivity (Wildman–Crippen MR) is 118 cm³/mol. The number of nitrogens with zero attached hydrogens (tertiary/aromatic N) is 1. The summed E-state index contributed by atoms with van der Waals surface area (Å²) in [6.07, 6.45) is 1.38. The lowest BCUT2D eigenvalue weighted by Crippen LogP contribution is -2.32. The second-order valence-corrected chi connectivity index (χ2v) is 6.80. The molecule has 0 unspecified atom stereocenters. The second kappa shape index (κ2) is 9.98. The third-order valence-electron chi connectivity index (χ3n) is 4.32. The zero-order valence-electron chi connectivity index (χ0n) is 17.1.